The van der Waals surface area contributed by atoms with E-state index in [4.69, 9.17) is 9.84 Å². The first-order chi connectivity index (χ1) is 8.10. The molecule has 0 aromatic rings. The van der Waals surface area contributed by atoms with E-state index in [0.29, 0.717) is 6.54 Å². The molecule has 1 atom stereocenters. The number of carboxylic acid groups (broad SMARTS) is 1. The van der Waals surface area contributed by atoms with Crippen LogP contribution in [-0.2, 0) is 9.53 Å². The van der Waals surface area contributed by atoms with Gasteiger partial charge in [-0.25, -0.2) is 0 Å². The van der Waals surface area contributed by atoms with Crippen LogP contribution in [-0.4, -0.2) is 46.3 Å². The second kappa shape index (κ2) is 5.57. The first-order valence-electron chi connectivity index (χ1n) is 6.75. The van der Waals surface area contributed by atoms with Gasteiger partial charge in [0.1, 0.15) is 0 Å². The molecule has 0 spiro atoms. The van der Waals surface area contributed by atoms with Crippen molar-refractivity contribution in [2.24, 2.45) is 0 Å². The molecule has 0 radical (unpaired) electrons. The van der Waals surface area contributed by atoms with Crippen molar-refractivity contribution in [2.45, 2.75) is 71.1 Å². The van der Waals surface area contributed by atoms with Gasteiger partial charge in [-0.15, -0.1) is 0 Å². The molecule has 0 amide bonds. The van der Waals surface area contributed by atoms with Crippen molar-refractivity contribution in [1.29, 1.82) is 0 Å². The third-order valence-corrected chi connectivity index (χ3v) is 3.52. The highest BCUT2D eigenvalue weighted by molar-refractivity contribution is 5.66. The van der Waals surface area contributed by atoms with Gasteiger partial charge in [0.25, 0.3) is 0 Å². The molecule has 4 heteroatoms. The van der Waals surface area contributed by atoms with E-state index in [9.17, 15) is 4.79 Å². The highest BCUT2D eigenvalue weighted by atomic mass is 16.5. The van der Waals surface area contributed by atoms with E-state index in [1.807, 2.05) is 0 Å². The fraction of sp³-hybridized carbons (Fsp3) is 0.929. The third-order valence-electron chi connectivity index (χ3n) is 3.52. The summed E-state index contributed by atoms with van der Waals surface area (Å²) < 4.78 is 5.99. The van der Waals surface area contributed by atoms with Gasteiger partial charge in [-0.1, -0.05) is 0 Å². The second-order valence-corrected chi connectivity index (χ2v) is 6.80. The zero-order valence-electron chi connectivity index (χ0n) is 12.3. The van der Waals surface area contributed by atoms with Crippen LogP contribution in [0.5, 0.6) is 0 Å². The maximum atomic E-state index is 10.7. The van der Waals surface area contributed by atoms with E-state index in [-0.39, 0.29) is 23.7 Å². The largest absolute Gasteiger partial charge is 0.481 e. The van der Waals surface area contributed by atoms with E-state index >= 15 is 0 Å². The van der Waals surface area contributed by atoms with Crippen molar-refractivity contribution in [3.05, 3.63) is 0 Å². The van der Waals surface area contributed by atoms with Gasteiger partial charge in [0.15, 0.2) is 0 Å². The standard InChI is InChI=1S/C14H27NO3/c1-13(2,3)15(9-7-12(16)17)10-11-6-8-14(4,5)18-11/h11H,6-10H2,1-5H3,(H,16,17). The molecule has 1 saturated heterocycles. The Bertz CT molecular complexity index is 294. The molecule has 1 rings (SSSR count). The Labute approximate surface area is 110 Å². The molecule has 1 aliphatic rings. The molecule has 0 bridgehead atoms. The summed E-state index contributed by atoms with van der Waals surface area (Å²) in [6.07, 6.45) is 2.56. The lowest BCUT2D eigenvalue weighted by Gasteiger charge is -2.37. The van der Waals surface area contributed by atoms with Crippen LogP contribution in [0.3, 0.4) is 0 Å². The molecular weight excluding hydrogens is 230 g/mol. The fourth-order valence-corrected chi connectivity index (χ4v) is 2.38. The van der Waals surface area contributed by atoms with Gasteiger partial charge in [0.05, 0.1) is 18.1 Å². The molecule has 1 fully saturated rings. The number of rotatable bonds is 5. The molecule has 1 heterocycles. The van der Waals surface area contributed by atoms with Crippen LogP contribution in [0.2, 0.25) is 0 Å². The topological polar surface area (TPSA) is 49.8 Å². The highest BCUT2D eigenvalue weighted by Crippen LogP contribution is 2.30. The SMILES string of the molecule is CC1(C)CCC(CN(CCC(=O)O)C(C)(C)C)O1. The predicted octanol–water partition coefficient (Wildman–Crippen LogP) is 2.52. The normalized spacial score (nSPS) is 23.6. The summed E-state index contributed by atoms with van der Waals surface area (Å²) in [6.45, 7) is 12.0. The Balaban J connectivity index is 2.54. The summed E-state index contributed by atoms with van der Waals surface area (Å²) in [6, 6.07) is 0. The summed E-state index contributed by atoms with van der Waals surface area (Å²) in [5.41, 5.74) is -0.0490. The number of ether oxygens (including phenoxy) is 1. The molecule has 18 heavy (non-hydrogen) atoms. The molecule has 4 nitrogen and oxygen atoms in total. The lowest BCUT2D eigenvalue weighted by atomic mass is 10.0. The van der Waals surface area contributed by atoms with E-state index < -0.39 is 5.97 Å². The average Bonchev–Trinajstić information content (AvgIpc) is 2.50. The Morgan fingerprint density at radius 1 is 1.44 bits per heavy atom. The van der Waals surface area contributed by atoms with Crippen molar-refractivity contribution in [2.75, 3.05) is 13.1 Å². The van der Waals surface area contributed by atoms with E-state index in [2.05, 4.69) is 39.5 Å². The Kier molecular flexibility index (Phi) is 4.78. The highest BCUT2D eigenvalue weighted by Gasteiger charge is 2.34. The molecule has 0 aliphatic carbocycles. The van der Waals surface area contributed by atoms with Crippen LogP contribution in [0, 0.1) is 0 Å². The Hall–Kier alpha value is -0.610. The number of aliphatic carboxylic acids is 1. The second-order valence-electron chi connectivity index (χ2n) is 6.80. The summed E-state index contributed by atoms with van der Waals surface area (Å²) in [5.74, 6) is -0.739. The lowest BCUT2D eigenvalue weighted by molar-refractivity contribution is -0.137. The summed E-state index contributed by atoms with van der Waals surface area (Å²) in [7, 11) is 0. The van der Waals surface area contributed by atoms with Crippen LogP contribution >= 0.6 is 0 Å². The molecular formula is C14H27NO3. The Morgan fingerprint density at radius 3 is 2.44 bits per heavy atom. The van der Waals surface area contributed by atoms with E-state index in [1.54, 1.807) is 0 Å². The summed E-state index contributed by atoms with van der Waals surface area (Å²) in [4.78, 5) is 12.9. The van der Waals surface area contributed by atoms with Crippen molar-refractivity contribution < 1.29 is 14.6 Å². The smallest absolute Gasteiger partial charge is 0.304 e. The van der Waals surface area contributed by atoms with Gasteiger partial charge in [-0.3, -0.25) is 9.69 Å². The Morgan fingerprint density at radius 2 is 2.06 bits per heavy atom. The van der Waals surface area contributed by atoms with E-state index in [0.717, 1.165) is 19.4 Å². The van der Waals surface area contributed by atoms with Gasteiger partial charge in [0, 0.05) is 18.6 Å². The number of hydrogen-bond acceptors (Lipinski definition) is 3. The zero-order chi connectivity index (χ0) is 14.0. The molecule has 1 aliphatic heterocycles. The van der Waals surface area contributed by atoms with Crippen molar-refractivity contribution in [1.82, 2.24) is 4.90 Å². The van der Waals surface area contributed by atoms with Crippen LogP contribution in [0.15, 0.2) is 0 Å². The first kappa shape index (κ1) is 15.4. The van der Waals surface area contributed by atoms with Crippen LogP contribution in [0.1, 0.15) is 53.9 Å². The molecule has 0 aromatic heterocycles. The number of hydrogen-bond donors (Lipinski definition) is 1. The molecule has 1 unspecified atom stereocenters. The summed E-state index contributed by atoms with van der Waals surface area (Å²) in [5, 5.41) is 8.81. The fourth-order valence-electron chi connectivity index (χ4n) is 2.38. The molecule has 0 saturated carbocycles. The zero-order valence-corrected chi connectivity index (χ0v) is 12.3. The van der Waals surface area contributed by atoms with Gasteiger partial charge < -0.3 is 9.84 Å². The van der Waals surface area contributed by atoms with E-state index in [1.165, 1.54) is 0 Å². The van der Waals surface area contributed by atoms with Crippen LogP contribution in [0.4, 0.5) is 0 Å². The van der Waals surface area contributed by atoms with Gasteiger partial charge in [-0.2, -0.15) is 0 Å². The number of nitrogens with zero attached hydrogens (tertiary/aromatic N) is 1. The minimum atomic E-state index is -0.739. The first-order valence-corrected chi connectivity index (χ1v) is 6.75. The monoisotopic (exact) mass is 257 g/mol. The molecule has 106 valence electrons. The van der Waals surface area contributed by atoms with Crippen molar-refractivity contribution >= 4 is 5.97 Å². The van der Waals surface area contributed by atoms with Crippen LogP contribution in [0.25, 0.3) is 0 Å². The average molecular weight is 257 g/mol. The predicted molar refractivity (Wildman–Crippen MR) is 71.8 cm³/mol. The minimum Gasteiger partial charge on any atom is -0.481 e. The molecule has 0 aromatic carbocycles. The quantitative estimate of drug-likeness (QED) is 0.822. The summed E-state index contributed by atoms with van der Waals surface area (Å²) >= 11 is 0. The van der Waals surface area contributed by atoms with Crippen LogP contribution < -0.4 is 0 Å². The minimum absolute atomic E-state index is 0.0223. The third kappa shape index (κ3) is 4.94. The van der Waals surface area contributed by atoms with Gasteiger partial charge >= 0.3 is 5.97 Å². The molecule has 1 N–H and O–H groups in total. The number of carbonyl (C=O) groups is 1. The number of carboxylic acids is 1. The van der Waals surface area contributed by atoms with Crippen molar-refractivity contribution in [3.8, 4) is 0 Å². The van der Waals surface area contributed by atoms with Crippen molar-refractivity contribution in [3.63, 3.8) is 0 Å². The lowest BCUT2D eigenvalue weighted by Crippen LogP contribution is -2.46. The maximum absolute atomic E-state index is 10.7. The van der Waals surface area contributed by atoms with Gasteiger partial charge in [0.2, 0.25) is 0 Å². The van der Waals surface area contributed by atoms with Gasteiger partial charge in [-0.05, 0) is 47.5 Å². The maximum Gasteiger partial charge on any atom is 0.304 e.